The van der Waals surface area contributed by atoms with Crippen molar-refractivity contribution in [2.24, 2.45) is 18.9 Å². The summed E-state index contributed by atoms with van der Waals surface area (Å²) in [6, 6.07) is 5.61. The number of carboxylic acids is 1. The Labute approximate surface area is 135 Å². The Hall–Kier alpha value is -1.59. The van der Waals surface area contributed by atoms with Crippen LogP contribution in [0.5, 0.6) is 0 Å². The third kappa shape index (κ3) is 3.99. The lowest BCUT2D eigenvalue weighted by Crippen LogP contribution is -2.30. The second-order valence-electron chi connectivity index (χ2n) is 6.02. The maximum Gasteiger partial charge on any atom is 0.307 e. The first kappa shape index (κ1) is 16.8. The molecule has 0 aliphatic carbocycles. The third-order valence-corrected chi connectivity index (χ3v) is 3.95. The third-order valence-electron chi connectivity index (χ3n) is 3.71. The minimum Gasteiger partial charge on any atom is -0.481 e. The molecule has 0 saturated heterocycles. The van der Waals surface area contributed by atoms with Gasteiger partial charge in [-0.05, 0) is 30.5 Å². The molecule has 0 spiro atoms. The van der Waals surface area contributed by atoms with E-state index in [1.54, 1.807) is 0 Å². The normalized spacial score (nSPS) is 13.0. The molecule has 2 aromatic rings. The van der Waals surface area contributed by atoms with Crippen molar-refractivity contribution < 1.29 is 9.90 Å². The summed E-state index contributed by atoms with van der Waals surface area (Å²) < 4.78 is 2.00. The van der Waals surface area contributed by atoms with Crippen LogP contribution in [0.1, 0.15) is 26.1 Å². The van der Waals surface area contributed by atoms with Crippen molar-refractivity contribution >= 4 is 28.6 Å². The minimum atomic E-state index is -0.752. The van der Waals surface area contributed by atoms with E-state index in [1.165, 1.54) is 0 Å². The molecule has 1 aromatic heterocycles. The zero-order valence-electron chi connectivity index (χ0n) is 13.1. The Morgan fingerprint density at radius 2 is 2.18 bits per heavy atom. The predicted molar refractivity (Wildman–Crippen MR) is 88.0 cm³/mol. The first-order valence-electron chi connectivity index (χ1n) is 7.43. The van der Waals surface area contributed by atoms with Crippen LogP contribution in [0.4, 0.5) is 0 Å². The molecule has 6 heteroatoms. The van der Waals surface area contributed by atoms with Gasteiger partial charge in [-0.3, -0.25) is 4.79 Å². The van der Waals surface area contributed by atoms with E-state index in [9.17, 15) is 9.90 Å². The predicted octanol–water partition coefficient (Wildman–Crippen LogP) is 3.06. The highest BCUT2D eigenvalue weighted by Gasteiger charge is 2.18. The number of aliphatic carboxylic acids is 1. The number of nitrogens with zero attached hydrogens (tertiary/aromatic N) is 2. The number of rotatable bonds is 7. The Morgan fingerprint density at radius 3 is 2.82 bits per heavy atom. The molecule has 1 aromatic carbocycles. The van der Waals surface area contributed by atoms with Gasteiger partial charge in [0.15, 0.2) is 0 Å². The van der Waals surface area contributed by atoms with E-state index in [4.69, 9.17) is 11.6 Å². The lowest BCUT2D eigenvalue weighted by molar-refractivity contribution is -0.142. The molecular formula is C16H22ClN3O2. The summed E-state index contributed by atoms with van der Waals surface area (Å²) in [4.78, 5) is 15.8. The standard InChI is InChI=1S/C16H22ClN3O2/c1-10(2)6-11(16(21)22)8-18-9-15-19-13-7-12(17)4-5-14(13)20(15)3/h4-5,7,10-11,18H,6,8-9H2,1-3H3,(H,21,22). The Bertz CT molecular complexity index is 667. The number of hydrogen-bond donors (Lipinski definition) is 2. The summed E-state index contributed by atoms with van der Waals surface area (Å²) in [6.07, 6.45) is 0.667. The van der Waals surface area contributed by atoms with Crippen LogP contribution in [0, 0.1) is 11.8 Å². The van der Waals surface area contributed by atoms with Crippen molar-refractivity contribution in [3.8, 4) is 0 Å². The molecule has 0 saturated carbocycles. The molecule has 1 unspecified atom stereocenters. The Kier molecular flexibility index (Phi) is 5.42. The zero-order chi connectivity index (χ0) is 16.3. The van der Waals surface area contributed by atoms with Crippen molar-refractivity contribution in [1.82, 2.24) is 14.9 Å². The van der Waals surface area contributed by atoms with Crippen molar-refractivity contribution in [3.05, 3.63) is 29.0 Å². The van der Waals surface area contributed by atoms with Gasteiger partial charge in [-0.2, -0.15) is 0 Å². The van der Waals surface area contributed by atoms with Gasteiger partial charge in [-0.25, -0.2) is 4.98 Å². The molecule has 1 heterocycles. The average molecular weight is 324 g/mol. The summed E-state index contributed by atoms with van der Waals surface area (Å²) in [5.41, 5.74) is 1.86. The fraction of sp³-hybridized carbons (Fsp3) is 0.500. The summed E-state index contributed by atoms with van der Waals surface area (Å²) in [5.74, 6) is 0.105. The van der Waals surface area contributed by atoms with Crippen molar-refractivity contribution in [2.45, 2.75) is 26.8 Å². The van der Waals surface area contributed by atoms with Gasteiger partial charge < -0.3 is 15.0 Å². The van der Waals surface area contributed by atoms with Crippen LogP contribution in [0.15, 0.2) is 18.2 Å². The van der Waals surface area contributed by atoms with Crippen molar-refractivity contribution in [1.29, 1.82) is 0 Å². The van der Waals surface area contributed by atoms with Crippen molar-refractivity contribution in [2.75, 3.05) is 6.54 Å². The molecule has 2 rings (SSSR count). The van der Waals surface area contributed by atoms with Gasteiger partial charge in [0.2, 0.25) is 0 Å². The van der Waals surface area contributed by atoms with Crippen molar-refractivity contribution in [3.63, 3.8) is 0 Å². The van der Waals surface area contributed by atoms with E-state index in [1.807, 2.05) is 43.7 Å². The number of aryl methyl sites for hydroxylation is 1. The van der Waals surface area contributed by atoms with Crippen LogP contribution < -0.4 is 5.32 Å². The summed E-state index contributed by atoms with van der Waals surface area (Å²) in [6.45, 7) is 5.04. The van der Waals surface area contributed by atoms with Crippen LogP contribution in [0.3, 0.4) is 0 Å². The van der Waals surface area contributed by atoms with E-state index in [0.717, 1.165) is 16.9 Å². The van der Waals surface area contributed by atoms with E-state index in [-0.39, 0.29) is 5.92 Å². The van der Waals surface area contributed by atoms with Gasteiger partial charge in [0, 0.05) is 18.6 Å². The number of nitrogens with one attached hydrogen (secondary N) is 1. The topological polar surface area (TPSA) is 67.2 Å². The quantitative estimate of drug-likeness (QED) is 0.821. The van der Waals surface area contributed by atoms with Gasteiger partial charge in [0.1, 0.15) is 5.82 Å². The van der Waals surface area contributed by atoms with Gasteiger partial charge in [-0.15, -0.1) is 0 Å². The molecule has 0 amide bonds. The highest BCUT2D eigenvalue weighted by Crippen LogP contribution is 2.19. The van der Waals surface area contributed by atoms with Crippen LogP contribution >= 0.6 is 11.6 Å². The number of halogens is 1. The SMILES string of the molecule is CC(C)CC(CNCc1nc2cc(Cl)ccc2n1C)C(=O)O. The number of aromatic nitrogens is 2. The minimum absolute atomic E-state index is 0.362. The Morgan fingerprint density at radius 1 is 1.45 bits per heavy atom. The first-order chi connectivity index (χ1) is 10.4. The molecule has 0 aliphatic heterocycles. The number of benzene rings is 1. The molecular weight excluding hydrogens is 302 g/mol. The van der Waals surface area contributed by atoms with E-state index >= 15 is 0 Å². The Balaban J connectivity index is 2.02. The highest BCUT2D eigenvalue weighted by atomic mass is 35.5. The lowest BCUT2D eigenvalue weighted by Gasteiger charge is -2.15. The summed E-state index contributed by atoms with van der Waals surface area (Å²) >= 11 is 5.98. The fourth-order valence-corrected chi connectivity index (χ4v) is 2.75. The smallest absolute Gasteiger partial charge is 0.307 e. The molecule has 120 valence electrons. The van der Waals surface area contributed by atoms with Crippen LogP contribution in [-0.2, 0) is 18.4 Å². The number of hydrogen-bond acceptors (Lipinski definition) is 3. The fourth-order valence-electron chi connectivity index (χ4n) is 2.58. The molecule has 1 atom stereocenters. The van der Waals surface area contributed by atoms with Crippen LogP contribution in [0.2, 0.25) is 5.02 Å². The maximum atomic E-state index is 11.2. The second-order valence-corrected chi connectivity index (χ2v) is 6.45. The number of fused-ring (bicyclic) bond motifs is 1. The molecule has 22 heavy (non-hydrogen) atoms. The van der Waals surface area contributed by atoms with Gasteiger partial charge in [-0.1, -0.05) is 25.4 Å². The van der Waals surface area contributed by atoms with E-state index in [2.05, 4.69) is 10.3 Å². The van der Waals surface area contributed by atoms with Crippen LogP contribution in [0.25, 0.3) is 11.0 Å². The molecule has 0 fully saturated rings. The van der Waals surface area contributed by atoms with E-state index < -0.39 is 5.97 Å². The monoisotopic (exact) mass is 323 g/mol. The maximum absolute atomic E-state index is 11.2. The van der Waals surface area contributed by atoms with Gasteiger partial charge in [0.05, 0.1) is 23.5 Å². The summed E-state index contributed by atoms with van der Waals surface area (Å²) in [5, 5.41) is 13.1. The van der Waals surface area contributed by atoms with Gasteiger partial charge >= 0.3 is 5.97 Å². The van der Waals surface area contributed by atoms with Gasteiger partial charge in [0.25, 0.3) is 0 Å². The van der Waals surface area contributed by atoms with Crippen LogP contribution in [-0.4, -0.2) is 27.2 Å². The number of carboxylic acid groups (broad SMARTS) is 1. The van der Waals surface area contributed by atoms with E-state index in [0.29, 0.717) is 30.5 Å². The second kappa shape index (κ2) is 7.11. The number of carbonyl (C=O) groups is 1. The largest absolute Gasteiger partial charge is 0.481 e. The molecule has 2 N–H and O–H groups in total. The molecule has 5 nitrogen and oxygen atoms in total. The molecule has 0 aliphatic rings. The first-order valence-corrected chi connectivity index (χ1v) is 7.80. The number of imidazole rings is 1. The molecule has 0 bridgehead atoms. The molecule has 0 radical (unpaired) electrons. The average Bonchev–Trinajstić information content (AvgIpc) is 2.73. The zero-order valence-corrected chi connectivity index (χ0v) is 13.9. The summed E-state index contributed by atoms with van der Waals surface area (Å²) in [7, 11) is 1.95. The lowest BCUT2D eigenvalue weighted by atomic mass is 9.97. The highest BCUT2D eigenvalue weighted by molar-refractivity contribution is 6.31.